The van der Waals surface area contributed by atoms with Gasteiger partial charge in [0.15, 0.2) is 5.96 Å². The van der Waals surface area contributed by atoms with E-state index in [-0.39, 0.29) is 30.5 Å². The Bertz CT molecular complexity index is 436. The Balaban J connectivity index is 0.00000484. The number of hydrogen-bond donors (Lipinski definition) is 2. The number of nitrogens with one attached hydrogen (secondary N) is 2. The van der Waals surface area contributed by atoms with Gasteiger partial charge in [-0.2, -0.15) is 13.2 Å². The van der Waals surface area contributed by atoms with Crippen LogP contribution in [0.4, 0.5) is 13.2 Å². The van der Waals surface area contributed by atoms with Gasteiger partial charge in [-0.05, 0) is 24.8 Å². The molecule has 0 spiro atoms. The molecule has 0 atom stereocenters. The second kappa shape index (κ2) is 12.4. The topological polar surface area (TPSA) is 36.4 Å². The summed E-state index contributed by atoms with van der Waals surface area (Å²) in [6, 6.07) is 10.3. The zero-order valence-corrected chi connectivity index (χ0v) is 15.7. The predicted molar refractivity (Wildman–Crippen MR) is 99.4 cm³/mol. The minimum absolute atomic E-state index is 0. The van der Waals surface area contributed by atoms with Crippen LogP contribution in [0, 0.1) is 0 Å². The van der Waals surface area contributed by atoms with Crippen molar-refractivity contribution in [3.05, 3.63) is 35.9 Å². The van der Waals surface area contributed by atoms with Crippen molar-refractivity contribution < 1.29 is 13.2 Å². The van der Waals surface area contributed by atoms with Crippen LogP contribution in [0.25, 0.3) is 0 Å². The number of halogens is 4. The molecule has 1 aromatic carbocycles. The first-order chi connectivity index (χ1) is 10.5. The van der Waals surface area contributed by atoms with E-state index in [0.717, 1.165) is 25.7 Å². The van der Waals surface area contributed by atoms with E-state index in [1.165, 1.54) is 5.56 Å². The maximum absolute atomic E-state index is 12.0. The Morgan fingerprint density at radius 3 is 2.26 bits per heavy atom. The molecule has 0 radical (unpaired) electrons. The minimum Gasteiger partial charge on any atom is -0.356 e. The van der Waals surface area contributed by atoms with E-state index in [0.29, 0.717) is 12.5 Å². The number of guanidine groups is 1. The third-order valence-corrected chi connectivity index (χ3v) is 3.20. The van der Waals surface area contributed by atoms with E-state index in [1.54, 1.807) is 7.05 Å². The number of rotatable bonds is 8. The summed E-state index contributed by atoms with van der Waals surface area (Å²) < 4.78 is 36.1. The molecular formula is C16H25F3IN3. The maximum Gasteiger partial charge on any atom is 0.390 e. The van der Waals surface area contributed by atoms with E-state index in [4.69, 9.17) is 0 Å². The van der Waals surface area contributed by atoms with Gasteiger partial charge in [-0.1, -0.05) is 36.8 Å². The van der Waals surface area contributed by atoms with Crippen LogP contribution >= 0.6 is 24.0 Å². The molecule has 23 heavy (non-hydrogen) atoms. The highest BCUT2D eigenvalue weighted by Crippen LogP contribution is 2.18. The van der Waals surface area contributed by atoms with Gasteiger partial charge in [0, 0.05) is 20.1 Å². The number of aryl methyl sites for hydroxylation is 1. The summed E-state index contributed by atoms with van der Waals surface area (Å²) in [5, 5.41) is 5.69. The Morgan fingerprint density at radius 2 is 1.65 bits per heavy atom. The number of hydrogen-bond acceptors (Lipinski definition) is 1. The van der Waals surface area contributed by atoms with Gasteiger partial charge >= 0.3 is 6.18 Å². The second-order valence-electron chi connectivity index (χ2n) is 5.09. The molecule has 0 saturated carbocycles. The SMILES string of the molecule is CN=C(NCCCCCc1ccccc1)NCCC(F)(F)F.I. The van der Waals surface area contributed by atoms with Gasteiger partial charge in [-0.3, -0.25) is 4.99 Å². The molecule has 0 saturated heterocycles. The monoisotopic (exact) mass is 443 g/mol. The Morgan fingerprint density at radius 1 is 1.00 bits per heavy atom. The molecule has 0 aliphatic carbocycles. The quantitative estimate of drug-likeness (QED) is 0.274. The number of alkyl halides is 3. The van der Waals surface area contributed by atoms with Crippen molar-refractivity contribution in [2.24, 2.45) is 4.99 Å². The van der Waals surface area contributed by atoms with Crippen molar-refractivity contribution in [1.29, 1.82) is 0 Å². The summed E-state index contributed by atoms with van der Waals surface area (Å²) in [7, 11) is 1.55. The molecule has 0 unspecified atom stereocenters. The normalized spacial score (nSPS) is 11.7. The molecule has 3 nitrogen and oxygen atoms in total. The summed E-state index contributed by atoms with van der Waals surface area (Å²) in [6.07, 6.45) is -0.798. The molecule has 1 aromatic rings. The first-order valence-electron chi connectivity index (χ1n) is 7.56. The van der Waals surface area contributed by atoms with Gasteiger partial charge in [0.2, 0.25) is 0 Å². The predicted octanol–water partition coefficient (Wildman–Crippen LogP) is 4.13. The molecule has 0 aliphatic rings. The lowest BCUT2D eigenvalue weighted by molar-refractivity contribution is -0.132. The highest BCUT2D eigenvalue weighted by Gasteiger charge is 2.26. The van der Waals surface area contributed by atoms with Crippen LogP contribution in [0.3, 0.4) is 0 Å². The molecule has 0 aromatic heterocycles. The molecule has 0 amide bonds. The van der Waals surface area contributed by atoms with E-state index in [9.17, 15) is 13.2 Å². The van der Waals surface area contributed by atoms with Crippen LogP contribution in [0.1, 0.15) is 31.2 Å². The lowest BCUT2D eigenvalue weighted by atomic mass is 10.1. The van der Waals surface area contributed by atoms with E-state index in [2.05, 4.69) is 27.8 Å². The van der Waals surface area contributed by atoms with Crippen LogP contribution < -0.4 is 10.6 Å². The van der Waals surface area contributed by atoms with Gasteiger partial charge in [0.25, 0.3) is 0 Å². The summed E-state index contributed by atoms with van der Waals surface area (Å²) in [4.78, 5) is 3.90. The number of aliphatic imine (C=N–C) groups is 1. The molecule has 0 aliphatic heterocycles. The van der Waals surface area contributed by atoms with Crippen molar-refractivity contribution in [1.82, 2.24) is 10.6 Å². The summed E-state index contributed by atoms with van der Waals surface area (Å²) >= 11 is 0. The highest BCUT2D eigenvalue weighted by atomic mass is 127. The zero-order valence-electron chi connectivity index (χ0n) is 13.3. The van der Waals surface area contributed by atoms with Crippen molar-refractivity contribution in [2.75, 3.05) is 20.1 Å². The molecule has 1 rings (SSSR count). The van der Waals surface area contributed by atoms with Gasteiger partial charge < -0.3 is 10.6 Å². The maximum atomic E-state index is 12.0. The Labute approximate surface area is 153 Å². The van der Waals surface area contributed by atoms with Crippen molar-refractivity contribution >= 4 is 29.9 Å². The fourth-order valence-corrected chi connectivity index (χ4v) is 2.03. The van der Waals surface area contributed by atoms with Gasteiger partial charge in [-0.15, -0.1) is 24.0 Å². The van der Waals surface area contributed by atoms with Gasteiger partial charge in [0.05, 0.1) is 6.42 Å². The zero-order chi connectivity index (χ0) is 16.3. The molecule has 132 valence electrons. The van der Waals surface area contributed by atoms with Crippen LogP contribution in [0.5, 0.6) is 0 Å². The molecule has 0 bridgehead atoms. The van der Waals surface area contributed by atoms with E-state index >= 15 is 0 Å². The molecular weight excluding hydrogens is 418 g/mol. The van der Waals surface area contributed by atoms with Crippen molar-refractivity contribution in [3.63, 3.8) is 0 Å². The lowest BCUT2D eigenvalue weighted by Gasteiger charge is -2.12. The first kappa shape index (κ1) is 22.0. The molecule has 2 N–H and O–H groups in total. The first-order valence-corrected chi connectivity index (χ1v) is 7.56. The third-order valence-electron chi connectivity index (χ3n) is 3.20. The fourth-order valence-electron chi connectivity index (χ4n) is 2.03. The molecule has 0 heterocycles. The average molecular weight is 443 g/mol. The van der Waals surface area contributed by atoms with Crippen LogP contribution in [-0.4, -0.2) is 32.3 Å². The average Bonchev–Trinajstić information content (AvgIpc) is 2.48. The van der Waals surface area contributed by atoms with Gasteiger partial charge in [-0.25, -0.2) is 0 Å². The van der Waals surface area contributed by atoms with Crippen LogP contribution in [-0.2, 0) is 6.42 Å². The van der Waals surface area contributed by atoms with Crippen molar-refractivity contribution in [3.8, 4) is 0 Å². The highest BCUT2D eigenvalue weighted by molar-refractivity contribution is 14.0. The lowest BCUT2D eigenvalue weighted by Crippen LogP contribution is -2.39. The summed E-state index contributed by atoms with van der Waals surface area (Å²) in [6.45, 7) is 0.553. The Kier molecular flexibility index (Phi) is 11.9. The van der Waals surface area contributed by atoms with Gasteiger partial charge in [0.1, 0.15) is 0 Å². The number of unbranched alkanes of at least 4 members (excludes halogenated alkanes) is 2. The summed E-state index contributed by atoms with van der Waals surface area (Å²) in [5.41, 5.74) is 1.33. The minimum atomic E-state index is -4.14. The standard InChI is InChI=1S/C16H24F3N3.HI/c1-20-15(22-13-11-16(17,18)19)21-12-7-3-6-10-14-8-4-2-5-9-14;/h2,4-5,8-9H,3,6-7,10-13H2,1H3,(H2,20,21,22);1H. The largest absolute Gasteiger partial charge is 0.390 e. The molecule has 7 heteroatoms. The van der Waals surface area contributed by atoms with Crippen molar-refractivity contribution in [2.45, 2.75) is 38.3 Å². The fraction of sp³-hybridized carbons (Fsp3) is 0.562. The Hall–Kier alpha value is -0.990. The third kappa shape index (κ3) is 12.1. The second-order valence-corrected chi connectivity index (χ2v) is 5.09. The summed E-state index contributed by atoms with van der Waals surface area (Å²) in [5.74, 6) is 0.423. The van der Waals surface area contributed by atoms with E-state index < -0.39 is 12.6 Å². The smallest absolute Gasteiger partial charge is 0.356 e. The van der Waals surface area contributed by atoms with E-state index in [1.807, 2.05) is 18.2 Å². The number of nitrogens with zero attached hydrogens (tertiary/aromatic N) is 1. The number of benzene rings is 1. The van der Waals surface area contributed by atoms with Crippen LogP contribution in [0.15, 0.2) is 35.3 Å². The molecule has 0 fully saturated rings. The van der Waals surface area contributed by atoms with Crippen LogP contribution in [0.2, 0.25) is 0 Å².